The van der Waals surface area contributed by atoms with Crippen LogP contribution in [0.2, 0.25) is 0 Å². The summed E-state index contributed by atoms with van der Waals surface area (Å²) in [6.07, 6.45) is 0. The molecule has 0 bridgehead atoms. The van der Waals surface area contributed by atoms with Crippen LogP contribution in [0.5, 0.6) is 0 Å². The molecule has 13 rings (SSSR count). The Hall–Kier alpha value is -7.57. The molecule has 0 fully saturated rings. The minimum Gasteiger partial charge on any atom is -0.358 e. The van der Waals surface area contributed by atoms with Crippen LogP contribution in [-0.4, -0.2) is 10.4 Å². The van der Waals surface area contributed by atoms with Gasteiger partial charge in [0.25, 0.3) is 0 Å². The Labute approximate surface area is 406 Å². The fourth-order valence-electron chi connectivity index (χ4n) is 10.9. The van der Waals surface area contributed by atoms with Crippen molar-refractivity contribution >= 4 is 66.2 Å². The SMILES string of the molecule is CC1(C)c2ccccc2-c2c(-c3cccc4c3CN(c3ccccc3)CS4)cc(N(c3ccc(-c4ccccc4)cc3)c3ccc(-c4ccc5c(c4)sc4ccccc45)n3-c3ccccc3)cc21. The van der Waals surface area contributed by atoms with E-state index in [1.165, 1.54) is 86.4 Å². The van der Waals surface area contributed by atoms with Gasteiger partial charge in [-0.05, 0) is 129 Å². The van der Waals surface area contributed by atoms with Crippen molar-refractivity contribution in [2.45, 2.75) is 30.7 Å². The molecule has 0 unspecified atom stereocenters. The minimum atomic E-state index is -0.245. The van der Waals surface area contributed by atoms with E-state index in [0.29, 0.717) is 0 Å². The maximum atomic E-state index is 2.52. The molecule has 0 atom stereocenters. The van der Waals surface area contributed by atoms with Gasteiger partial charge < -0.3 is 4.90 Å². The summed E-state index contributed by atoms with van der Waals surface area (Å²) in [5.74, 6) is 1.98. The number of thioether (sulfide) groups is 1. The van der Waals surface area contributed by atoms with Crippen molar-refractivity contribution in [3.8, 4) is 50.3 Å². The van der Waals surface area contributed by atoms with E-state index in [2.05, 4.69) is 253 Å². The Kier molecular flexibility index (Phi) is 9.78. The molecule has 1 aliphatic heterocycles. The molecule has 0 spiro atoms. The molecule has 3 nitrogen and oxygen atoms in total. The number of hydrogen-bond acceptors (Lipinski definition) is 4. The van der Waals surface area contributed by atoms with E-state index in [1.54, 1.807) is 0 Å². The van der Waals surface area contributed by atoms with Crippen LogP contribution in [0.4, 0.5) is 22.9 Å². The van der Waals surface area contributed by atoms with E-state index in [-0.39, 0.29) is 5.41 Å². The van der Waals surface area contributed by atoms with E-state index < -0.39 is 0 Å². The summed E-state index contributed by atoms with van der Waals surface area (Å²) < 4.78 is 5.07. The van der Waals surface area contributed by atoms with Gasteiger partial charge in [0.15, 0.2) is 0 Å². The molecule has 9 aromatic carbocycles. The van der Waals surface area contributed by atoms with Gasteiger partial charge >= 0.3 is 0 Å². The van der Waals surface area contributed by atoms with Crippen molar-refractivity contribution in [3.05, 3.63) is 241 Å². The predicted octanol–water partition coefficient (Wildman–Crippen LogP) is 17.7. The Bertz CT molecular complexity index is 3680. The lowest BCUT2D eigenvalue weighted by Crippen LogP contribution is -2.26. The Morgan fingerprint density at radius 3 is 1.94 bits per heavy atom. The molecular weight excluding hydrogens is 863 g/mol. The van der Waals surface area contributed by atoms with E-state index >= 15 is 0 Å². The van der Waals surface area contributed by atoms with Crippen molar-refractivity contribution in [1.29, 1.82) is 0 Å². The summed E-state index contributed by atoms with van der Waals surface area (Å²) in [6, 6.07) is 83.1. The van der Waals surface area contributed by atoms with Gasteiger partial charge in [0.05, 0.1) is 11.6 Å². The standard InChI is InChI=1S/C63H47N3S2/c1-63(2)55-26-14-12-24-52(55)62-53(49-25-16-28-58-54(49)40-64(41-67-58)45-19-8-4-9-20-45)38-48(39-56(62)63)65(47-32-29-43(30-33-47)42-17-6-3-7-18-42)61-36-35-57(66(61)46-21-10-5-11-22-46)44-31-34-51-50-23-13-15-27-59(50)68-60(51)37-44/h3-39H,40-41H2,1-2H3. The highest BCUT2D eigenvalue weighted by Crippen LogP contribution is 2.56. The number of rotatable bonds is 8. The number of para-hydroxylation sites is 2. The topological polar surface area (TPSA) is 11.4 Å². The molecule has 0 N–H and O–H groups in total. The molecule has 1 aliphatic carbocycles. The first-order chi connectivity index (χ1) is 33.5. The second kappa shape index (κ2) is 16.3. The third-order valence-electron chi connectivity index (χ3n) is 14.2. The van der Waals surface area contributed by atoms with Gasteiger partial charge in [0.2, 0.25) is 0 Å². The van der Waals surface area contributed by atoms with E-state index in [9.17, 15) is 0 Å². The number of hydrogen-bond donors (Lipinski definition) is 0. The number of benzene rings is 9. The van der Waals surface area contributed by atoms with Crippen molar-refractivity contribution in [2.24, 2.45) is 0 Å². The third-order valence-corrected chi connectivity index (χ3v) is 16.5. The molecule has 0 radical (unpaired) electrons. The van der Waals surface area contributed by atoms with Crippen molar-refractivity contribution in [3.63, 3.8) is 0 Å². The lowest BCUT2D eigenvalue weighted by molar-refractivity contribution is 0.660. The number of anilines is 4. The minimum absolute atomic E-state index is 0.245. The van der Waals surface area contributed by atoms with Crippen LogP contribution in [0, 0.1) is 0 Å². The van der Waals surface area contributed by atoms with Crippen LogP contribution in [0.15, 0.2) is 229 Å². The highest BCUT2D eigenvalue weighted by Gasteiger charge is 2.39. The van der Waals surface area contributed by atoms with Gasteiger partial charge in [-0.15, -0.1) is 23.1 Å². The van der Waals surface area contributed by atoms with Gasteiger partial charge in [0.1, 0.15) is 5.82 Å². The van der Waals surface area contributed by atoms with E-state index in [4.69, 9.17) is 0 Å². The number of fused-ring (bicyclic) bond motifs is 7. The smallest absolute Gasteiger partial charge is 0.122 e. The predicted molar refractivity (Wildman–Crippen MR) is 291 cm³/mol. The number of nitrogens with zero attached hydrogens (tertiary/aromatic N) is 3. The van der Waals surface area contributed by atoms with E-state index in [0.717, 1.165) is 41.0 Å². The highest BCUT2D eigenvalue weighted by atomic mass is 32.2. The summed E-state index contributed by atoms with van der Waals surface area (Å²) in [6.45, 7) is 5.65. The first-order valence-corrected chi connectivity index (χ1v) is 25.3. The second-order valence-electron chi connectivity index (χ2n) is 18.5. The largest absolute Gasteiger partial charge is 0.358 e. The molecule has 0 amide bonds. The second-order valence-corrected chi connectivity index (χ2v) is 20.6. The zero-order valence-electron chi connectivity index (χ0n) is 37.9. The summed E-state index contributed by atoms with van der Waals surface area (Å²) in [5, 5.41) is 2.61. The molecule has 68 heavy (non-hydrogen) atoms. The Morgan fingerprint density at radius 1 is 0.471 bits per heavy atom. The maximum absolute atomic E-state index is 2.52. The monoisotopic (exact) mass is 909 g/mol. The summed E-state index contributed by atoms with van der Waals surface area (Å²) in [7, 11) is 0. The number of thiophene rings is 1. The van der Waals surface area contributed by atoms with Crippen molar-refractivity contribution < 1.29 is 0 Å². The summed E-state index contributed by atoms with van der Waals surface area (Å²) in [4.78, 5) is 6.38. The van der Waals surface area contributed by atoms with E-state index in [1.807, 2.05) is 23.1 Å². The molecule has 326 valence electrons. The zero-order valence-corrected chi connectivity index (χ0v) is 39.6. The van der Waals surface area contributed by atoms with Gasteiger partial charge in [-0.3, -0.25) is 9.47 Å². The Balaban J connectivity index is 1.06. The average molecular weight is 910 g/mol. The fourth-order valence-corrected chi connectivity index (χ4v) is 13.1. The van der Waals surface area contributed by atoms with Crippen LogP contribution < -0.4 is 9.80 Å². The highest BCUT2D eigenvalue weighted by molar-refractivity contribution is 7.99. The lowest BCUT2D eigenvalue weighted by atomic mass is 9.81. The van der Waals surface area contributed by atoms with Crippen LogP contribution in [-0.2, 0) is 12.0 Å². The molecule has 11 aromatic rings. The van der Waals surface area contributed by atoms with Crippen molar-refractivity contribution in [2.75, 3.05) is 15.7 Å². The molecule has 2 aromatic heterocycles. The molecular formula is C63H47N3S2. The van der Waals surface area contributed by atoms with Crippen LogP contribution in [0.1, 0.15) is 30.5 Å². The van der Waals surface area contributed by atoms with Crippen molar-refractivity contribution in [1.82, 2.24) is 4.57 Å². The molecule has 5 heteroatoms. The Morgan fingerprint density at radius 2 is 1.13 bits per heavy atom. The van der Waals surface area contributed by atoms with Crippen LogP contribution >= 0.6 is 23.1 Å². The average Bonchev–Trinajstić information content (AvgIpc) is 4.07. The maximum Gasteiger partial charge on any atom is 0.122 e. The summed E-state index contributed by atoms with van der Waals surface area (Å²) in [5.41, 5.74) is 18.3. The van der Waals surface area contributed by atoms with Crippen LogP contribution in [0.25, 0.3) is 70.5 Å². The van der Waals surface area contributed by atoms with Crippen LogP contribution in [0.3, 0.4) is 0 Å². The lowest BCUT2D eigenvalue weighted by Gasteiger charge is -2.33. The molecule has 2 aliphatic rings. The molecule has 0 saturated carbocycles. The number of aromatic nitrogens is 1. The molecule has 3 heterocycles. The van der Waals surface area contributed by atoms with Gasteiger partial charge in [0, 0.05) is 65.3 Å². The third kappa shape index (κ3) is 6.71. The molecule has 0 saturated heterocycles. The zero-order chi connectivity index (χ0) is 45.3. The fraction of sp³-hybridized carbons (Fsp3) is 0.0794. The van der Waals surface area contributed by atoms with Gasteiger partial charge in [-0.2, -0.15) is 0 Å². The normalized spacial score (nSPS) is 13.6. The van der Waals surface area contributed by atoms with Gasteiger partial charge in [-0.25, -0.2) is 0 Å². The van der Waals surface area contributed by atoms with Gasteiger partial charge in [-0.1, -0.05) is 159 Å². The summed E-state index contributed by atoms with van der Waals surface area (Å²) >= 11 is 3.81. The quantitative estimate of drug-likeness (QED) is 0.151. The first kappa shape index (κ1) is 40.7. The first-order valence-electron chi connectivity index (χ1n) is 23.5.